The van der Waals surface area contributed by atoms with E-state index in [0.717, 1.165) is 16.8 Å². The molecule has 0 N–H and O–H groups in total. The van der Waals surface area contributed by atoms with Gasteiger partial charge in [-0.3, -0.25) is 0 Å². The average molecular weight is 424 g/mol. The molecule has 2 heterocycles. The quantitative estimate of drug-likeness (QED) is 0.548. The van der Waals surface area contributed by atoms with Gasteiger partial charge in [0.25, 0.3) is 0 Å². The van der Waals surface area contributed by atoms with Crippen molar-refractivity contribution in [3.63, 3.8) is 0 Å². The molecule has 0 spiro atoms. The summed E-state index contributed by atoms with van der Waals surface area (Å²) in [6, 6.07) is 5.42. The Morgan fingerprint density at radius 2 is 1.71 bits per heavy atom. The van der Waals surface area contributed by atoms with Gasteiger partial charge in [0.05, 0.1) is 29.5 Å². The predicted molar refractivity (Wildman–Crippen MR) is 112 cm³/mol. The van der Waals surface area contributed by atoms with Crippen molar-refractivity contribution >= 4 is 34.8 Å². The van der Waals surface area contributed by atoms with Crippen LogP contribution >= 0.6 is 23.2 Å². The maximum Gasteiger partial charge on any atom is 0.230 e. The van der Waals surface area contributed by atoms with E-state index >= 15 is 0 Å². The SMILES string of the molecule is COCCN(CCOC)c1nc(C)nc2c(-c3ccc(Cl)cc3Cl)c(C)nn12. The van der Waals surface area contributed by atoms with Crippen LogP contribution in [0.15, 0.2) is 18.2 Å². The third-order valence-electron chi connectivity index (χ3n) is 4.37. The van der Waals surface area contributed by atoms with Crippen LogP contribution in [0.2, 0.25) is 10.0 Å². The summed E-state index contributed by atoms with van der Waals surface area (Å²) in [4.78, 5) is 11.4. The van der Waals surface area contributed by atoms with E-state index in [1.54, 1.807) is 24.8 Å². The van der Waals surface area contributed by atoms with Crippen LogP contribution in [0.4, 0.5) is 5.95 Å². The fraction of sp³-hybridized carbons (Fsp3) is 0.421. The standard InChI is InChI=1S/C19H23Cl2N5O2/c1-12-17(15-6-5-14(20)11-16(15)21)18-22-13(2)23-19(26(18)24-12)25(7-9-27-3)8-10-28-4/h5-6,11H,7-10H2,1-4H3. The zero-order valence-electron chi connectivity index (χ0n) is 16.4. The van der Waals surface area contributed by atoms with Gasteiger partial charge in [0.1, 0.15) is 5.82 Å². The molecule has 28 heavy (non-hydrogen) atoms. The Morgan fingerprint density at radius 3 is 2.32 bits per heavy atom. The molecule has 0 saturated carbocycles. The Labute approximate surface area is 174 Å². The van der Waals surface area contributed by atoms with Crippen LogP contribution < -0.4 is 4.90 Å². The molecule has 0 bridgehead atoms. The van der Waals surface area contributed by atoms with Crippen molar-refractivity contribution in [2.75, 3.05) is 45.4 Å². The van der Waals surface area contributed by atoms with Gasteiger partial charge in [-0.05, 0) is 26.0 Å². The molecule has 9 heteroatoms. The van der Waals surface area contributed by atoms with Gasteiger partial charge in [-0.15, -0.1) is 0 Å². The lowest BCUT2D eigenvalue weighted by Gasteiger charge is -2.23. The first-order valence-corrected chi connectivity index (χ1v) is 9.64. The topological polar surface area (TPSA) is 64.8 Å². The zero-order chi connectivity index (χ0) is 20.3. The number of hydrogen-bond donors (Lipinski definition) is 0. The second-order valence-corrected chi connectivity index (χ2v) is 7.21. The fourth-order valence-corrected chi connectivity index (χ4v) is 3.56. The zero-order valence-corrected chi connectivity index (χ0v) is 17.9. The monoisotopic (exact) mass is 423 g/mol. The Morgan fingerprint density at radius 1 is 1.04 bits per heavy atom. The summed E-state index contributed by atoms with van der Waals surface area (Å²) in [5.41, 5.74) is 3.21. The van der Waals surface area contributed by atoms with E-state index in [4.69, 9.17) is 37.8 Å². The fourth-order valence-electron chi connectivity index (χ4n) is 3.06. The smallest absolute Gasteiger partial charge is 0.230 e. The van der Waals surface area contributed by atoms with Crippen molar-refractivity contribution in [1.29, 1.82) is 0 Å². The van der Waals surface area contributed by atoms with Crippen molar-refractivity contribution in [3.8, 4) is 11.1 Å². The highest BCUT2D eigenvalue weighted by molar-refractivity contribution is 6.36. The third kappa shape index (κ3) is 4.22. The molecule has 0 saturated heterocycles. The molecule has 0 aliphatic rings. The van der Waals surface area contributed by atoms with Crippen molar-refractivity contribution in [2.24, 2.45) is 0 Å². The van der Waals surface area contributed by atoms with Gasteiger partial charge in [-0.2, -0.15) is 14.6 Å². The molecular weight excluding hydrogens is 401 g/mol. The minimum atomic E-state index is 0.555. The molecule has 0 fully saturated rings. The molecule has 0 aliphatic carbocycles. The van der Waals surface area contributed by atoms with E-state index in [1.165, 1.54) is 0 Å². The van der Waals surface area contributed by atoms with Crippen LogP contribution in [0.25, 0.3) is 16.8 Å². The predicted octanol–water partition coefficient (Wildman–Crippen LogP) is 3.81. The van der Waals surface area contributed by atoms with Crippen molar-refractivity contribution in [1.82, 2.24) is 19.6 Å². The number of aryl methyl sites for hydroxylation is 2. The highest BCUT2D eigenvalue weighted by atomic mass is 35.5. The molecule has 0 unspecified atom stereocenters. The van der Waals surface area contributed by atoms with Crippen LogP contribution in [-0.4, -0.2) is 60.1 Å². The first kappa shape index (κ1) is 20.8. The summed E-state index contributed by atoms with van der Waals surface area (Å²) in [5, 5.41) is 5.85. The number of rotatable bonds is 8. The summed E-state index contributed by atoms with van der Waals surface area (Å²) in [6.07, 6.45) is 0. The number of ether oxygens (including phenoxy) is 2. The van der Waals surface area contributed by atoms with Gasteiger partial charge >= 0.3 is 0 Å². The van der Waals surface area contributed by atoms with E-state index in [0.29, 0.717) is 53.8 Å². The average Bonchev–Trinajstić information content (AvgIpc) is 2.97. The van der Waals surface area contributed by atoms with Crippen LogP contribution in [0.3, 0.4) is 0 Å². The molecular formula is C19H23Cl2N5O2. The summed E-state index contributed by atoms with van der Waals surface area (Å²) < 4.78 is 12.3. The van der Waals surface area contributed by atoms with Crippen molar-refractivity contribution < 1.29 is 9.47 Å². The van der Waals surface area contributed by atoms with Gasteiger partial charge in [0, 0.05) is 37.9 Å². The van der Waals surface area contributed by atoms with E-state index in [-0.39, 0.29) is 0 Å². The van der Waals surface area contributed by atoms with E-state index < -0.39 is 0 Å². The molecule has 3 aromatic rings. The minimum Gasteiger partial charge on any atom is -0.383 e. The highest BCUT2D eigenvalue weighted by Gasteiger charge is 2.21. The summed E-state index contributed by atoms with van der Waals surface area (Å²) >= 11 is 12.5. The van der Waals surface area contributed by atoms with Gasteiger partial charge in [0.15, 0.2) is 5.65 Å². The summed E-state index contributed by atoms with van der Waals surface area (Å²) in [7, 11) is 3.35. The molecule has 0 amide bonds. The molecule has 0 aliphatic heterocycles. The number of halogens is 2. The number of anilines is 1. The number of aromatic nitrogens is 4. The van der Waals surface area contributed by atoms with Crippen molar-refractivity contribution in [2.45, 2.75) is 13.8 Å². The van der Waals surface area contributed by atoms with Crippen LogP contribution in [0, 0.1) is 13.8 Å². The minimum absolute atomic E-state index is 0.555. The Balaban J connectivity index is 2.18. The maximum atomic E-state index is 6.46. The normalized spacial score (nSPS) is 11.4. The molecule has 0 radical (unpaired) electrons. The third-order valence-corrected chi connectivity index (χ3v) is 4.92. The molecule has 150 valence electrons. The summed E-state index contributed by atoms with van der Waals surface area (Å²) in [6.45, 7) is 6.23. The first-order valence-electron chi connectivity index (χ1n) is 8.88. The molecule has 2 aromatic heterocycles. The highest BCUT2D eigenvalue weighted by Crippen LogP contribution is 2.35. The number of benzene rings is 1. The lowest BCUT2D eigenvalue weighted by molar-refractivity contribution is 0.189. The maximum absolute atomic E-state index is 6.46. The Bertz CT molecular complexity index is 969. The Kier molecular flexibility index (Phi) is 6.72. The largest absolute Gasteiger partial charge is 0.383 e. The van der Waals surface area contributed by atoms with Gasteiger partial charge in [-0.25, -0.2) is 4.98 Å². The first-order chi connectivity index (χ1) is 13.5. The summed E-state index contributed by atoms with van der Waals surface area (Å²) in [5.74, 6) is 1.34. The number of methoxy groups -OCH3 is 2. The van der Waals surface area contributed by atoms with E-state index in [1.807, 2.05) is 26.0 Å². The number of hydrogen-bond acceptors (Lipinski definition) is 6. The lowest BCUT2D eigenvalue weighted by Crippen LogP contribution is -2.33. The number of nitrogens with zero attached hydrogens (tertiary/aromatic N) is 5. The molecule has 0 atom stereocenters. The van der Waals surface area contributed by atoms with Crippen LogP contribution in [-0.2, 0) is 9.47 Å². The molecule has 3 rings (SSSR count). The van der Waals surface area contributed by atoms with Gasteiger partial charge in [-0.1, -0.05) is 29.3 Å². The van der Waals surface area contributed by atoms with Crippen LogP contribution in [0.5, 0.6) is 0 Å². The Hall–Kier alpha value is -1.93. The molecule has 1 aromatic carbocycles. The van der Waals surface area contributed by atoms with Gasteiger partial charge < -0.3 is 14.4 Å². The number of fused-ring (bicyclic) bond motifs is 1. The molecule has 7 nitrogen and oxygen atoms in total. The van der Waals surface area contributed by atoms with Crippen molar-refractivity contribution in [3.05, 3.63) is 39.8 Å². The van der Waals surface area contributed by atoms with Crippen LogP contribution in [0.1, 0.15) is 11.5 Å². The second kappa shape index (κ2) is 9.05. The van der Waals surface area contributed by atoms with Gasteiger partial charge in [0.2, 0.25) is 5.95 Å². The lowest BCUT2D eigenvalue weighted by atomic mass is 10.1. The van der Waals surface area contributed by atoms with E-state index in [2.05, 4.69) is 14.9 Å². The second-order valence-electron chi connectivity index (χ2n) is 6.36. The van der Waals surface area contributed by atoms with E-state index in [9.17, 15) is 0 Å².